The maximum absolute atomic E-state index is 5.72. The quantitative estimate of drug-likeness (QED) is 0.435. The first kappa shape index (κ1) is 20.9. The van der Waals surface area contributed by atoms with Crippen LogP contribution in [0.15, 0.2) is 36.4 Å². The van der Waals surface area contributed by atoms with Gasteiger partial charge in [0.2, 0.25) is 6.79 Å². The minimum absolute atomic E-state index is 0.235. The number of hydrogen-bond donors (Lipinski definition) is 1. The molecule has 1 N–H and O–H groups in total. The fourth-order valence-electron chi connectivity index (χ4n) is 4.45. The summed E-state index contributed by atoms with van der Waals surface area (Å²) in [5, 5.41) is 14.4. The molecule has 2 aromatic carbocycles. The van der Waals surface area contributed by atoms with Crippen LogP contribution in [0.5, 0.6) is 23.0 Å². The molecule has 8 nitrogen and oxygen atoms in total. The van der Waals surface area contributed by atoms with Gasteiger partial charge >= 0.3 is 0 Å². The Bertz CT molecular complexity index is 1360. The highest BCUT2D eigenvalue weighted by Crippen LogP contribution is 2.39. The highest BCUT2D eigenvalue weighted by Gasteiger charge is 2.22. The zero-order chi connectivity index (χ0) is 23.1. The van der Waals surface area contributed by atoms with Crippen LogP contribution in [-0.2, 0) is 0 Å². The Morgan fingerprint density at radius 2 is 1.76 bits per heavy atom. The topological polar surface area (TPSA) is 79.7 Å². The van der Waals surface area contributed by atoms with Crippen LogP contribution < -0.4 is 24.3 Å². The van der Waals surface area contributed by atoms with Crippen LogP contribution in [-0.4, -0.2) is 35.3 Å². The van der Waals surface area contributed by atoms with E-state index in [0.717, 1.165) is 56.5 Å². The molecule has 4 aromatic rings. The number of nitrogens with zero attached hydrogens (tertiary/aromatic N) is 3. The molecule has 2 aromatic heterocycles. The lowest BCUT2D eigenvalue weighted by atomic mass is 10.1. The molecule has 3 heterocycles. The van der Waals surface area contributed by atoms with E-state index in [4.69, 9.17) is 18.9 Å². The van der Waals surface area contributed by atoms with Crippen molar-refractivity contribution in [3.8, 4) is 28.7 Å². The van der Waals surface area contributed by atoms with Crippen LogP contribution in [0.2, 0.25) is 0 Å². The highest BCUT2D eigenvalue weighted by molar-refractivity contribution is 5.99. The number of hydrogen-bond acceptors (Lipinski definition) is 7. The molecule has 0 saturated heterocycles. The number of ether oxygens (including phenoxy) is 4. The number of fused-ring (bicyclic) bond motifs is 2. The Morgan fingerprint density at radius 1 is 0.970 bits per heavy atom. The minimum Gasteiger partial charge on any atom is -0.494 e. The zero-order valence-electron chi connectivity index (χ0n) is 19.4. The number of methoxy groups -OCH3 is 1. The number of aryl methyl sites for hydroxylation is 3. The van der Waals surface area contributed by atoms with E-state index in [0.29, 0.717) is 18.2 Å². The summed E-state index contributed by atoms with van der Waals surface area (Å²) in [7, 11) is 1.67. The van der Waals surface area contributed by atoms with Crippen molar-refractivity contribution in [2.45, 2.75) is 27.7 Å². The van der Waals surface area contributed by atoms with Crippen LogP contribution in [0.3, 0.4) is 0 Å². The van der Waals surface area contributed by atoms with Gasteiger partial charge in [-0.1, -0.05) is 0 Å². The second-order valence-corrected chi connectivity index (χ2v) is 7.85. The summed E-state index contributed by atoms with van der Waals surface area (Å²) in [6.45, 7) is 8.94. The molecule has 0 unspecified atom stereocenters. The molecule has 0 radical (unpaired) electrons. The van der Waals surface area contributed by atoms with E-state index >= 15 is 0 Å². The first-order chi connectivity index (χ1) is 16.0. The van der Waals surface area contributed by atoms with Crippen LogP contribution in [0.1, 0.15) is 24.0 Å². The smallest absolute Gasteiger partial charge is 0.231 e. The summed E-state index contributed by atoms with van der Waals surface area (Å²) in [5.41, 5.74) is 4.74. The van der Waals surface area contributed by atoms with Crippen molar-refractivity contribution in [1.82, 2.24) is 14.8 Å². The van der Waals surface area contributed by atoms with Gasteiger partial charge in [-0.2, -0.15) is 5.10 Å². The van der Waals surface area contributed by atoms with Gasteiger partial charge in [0, 0.05) is 40.0 Å². The SMILES string of the molecule is CCOc1ccc(-n2c(C)c3c(C)nnc(Nc4ccc5c(c4)OCO5)c3c2C)c(OC)c1. The average molecular weight is 447 g/mol. The number of aromatic nitrogens is 3. The fraction of sp³-hybridized carbons (Fsp3) is 0.280. The van der Waals surface area contributed by atoms with E-state index in [1.165, 1.54) is 0 Å². The van der Waals surface area contributed by atoms with E-state index in [1.54, 1.807) is 7.11 Å². The molecule has 33 heavy (non-hydrogen) atoms. The molecular weight excluding hydrogens is 420 g/mol. The largest absolute Gasteiger partial charge is 0.494 e. The summed E-state index contributed by atoms with van der Waals surface area (Å²) in [6, 6.07) is 11.6. The monoisotopic (exact) mass is 446 g/mol. The Morgan fingerprint density at radius 3 is 2.55 bits per heavy atom. The standard InChI is InChI=1S/C25H26N4O4/c1-6-31-18-8-9-19(21(12-18)30-5)29-15(3)23-14(2)27-28-25(24(23)16(29)4)26-17-7-10-20-22(11-17)33-13-32-20/h7-12H,6,13H2,1-5H3,(H,26,28). The normalized spacial score (nSPS) is 12.3. The van der Waals surface area contributed by atoms with Gasteiger partial charge in [-0.3, -0.25) is 0 Å². The van der Waals surface area contributed by atoms with Gasteiger partial charge in [-0.15, -0.1) is 5.10 Å². The van der Waals surface area contributed by atoms with Crippen molar-refractivity contribution < 1.29 is 18.9 Å². The lowest BCUT2D eigenvalue weighted by Gasteiger charge is -2.15. The number of benzene rings is 2. The number of anilines is 2. The summed E-state index contributed by atoms with van der Waals surface area (Å²) < 4.78 is 24.5. The fourth-order valence-corrected chi connectivity index (χ4v) is 4.45. The van der Waals surface area contributed by atoms with Crippen molar-refractivity contribution in [3.05, 3.63) is 53.5 Å². The van der Waals surface area contributed by atoms with Crippen LogP contribution >= 0.6 is 0 Å². The van der Waals surface area contributed by atoms with Gasteiger partial charge in [0.05, 0.1) is 25.1 Å². The molecule has 0 amide bonds. The second kappa shape index (κ2) is 8.20. The summed E-state index contributed by atoms with van der Waals surface area (Å²) in [4.78, 5) is 0. The molecule has 5 rings (SSSR count). The van der Waals surface area contributed by atoms with Gasteiger partial charge in [0.25, 0.3) is 0 Å². The summed E-state index contributed by atoms with van der Waals surface area (Å²) in [5.74, 6) is 3.63. The van der Waals surface area contributed by atoms with Crippen molar-refractivity contribution in [2.75, 3.05) is 25.8 Å². The molecule has 0 aliphatic carbocycles. The molecule has 0 bridgehead atoms. The second-order valence-electron chi connectivity index (χ2n) is 7.85. The highest BCUT2D eigenvalue weighted by atomic mass is 16.7. The molecule has 1 aliphatic rings. The lowest BCUT2D eigenvalue weighted by molar-refractivity contribution is 0.174. The Hall–Kier alpha value is -3.94. The predicted molar refractivity (Wildman–Crippen MR) is 127 cm³/mol. The molecule has 0 atom stereocenters. The third kappa shape index (κ3) is 3.47. The molecule has 0 spiro atoms. The maximum Gasteiger partial charge on any atom is 0.231 e. The Labute approximate surface area is 192 Å². The van der Waals surface area contributed by atoms with Gasteiger partial charge in [0.1, 0.15) is 11.5 Å². The van der Waals surface area contributed by atoms with Crippen LogP contribution in [0, 0.1) is 20.8 Å². The number of nitrogens with one attached hydrogen (secondary N) is 1. The molecule has 8 heteroatoms. The Balaban J connectivity index is 1.65. The van der Waals surface area contributed by atoms with Gasteiger partial charge in [-0.25, -0.2) is 0 Å². The van der Waals surface area contributed by atoms with Crippen LogP contribution in [0.25, 0.3) is 16.5 Å². The van der Waals surface area contributed by atoms with Crippen molar-refractivity contribution in [1.29, 1.82) is 0 Å². The third-order valence-electron chi connectivity index (χ3n) is 5.88. The molecular formula is C25H26N4O4. The lowest BCUT2D eigenvalue weighted by Crippen LogP contribution is -2.03. The molecule has 0 saturated carbocycles. The first-order valence-corrected chi connectivity index (χ1v) is 10.8. The van der Waals surface area contributed by atoms with Gasteiger partial charge < -0.3 is 28.8 Å². The van der Waals surface area contributed by atoms with Crippen LogP contribution in [0.4, 0.5) is 11.5 Å². The van der Waals surface area contributed by atoms with E-state index in [2.05, 4.69) is 33.9 Å². The van der Waals surface area contributed by atoms with Gasteiger partial charge in [0.15, 0.2) is 17.3 Å². The summed E-state index contributed by atoms with van der Waals surface area (Å²) in [6.07, 6.45) is 0. The average Bonchev–Trinajstić information content (AvgIpc) is 3.38. The zero-order valence-corrected chi connectivity index (χ0v) is 19.4. The van der Waals surface area contributed by atoms with E-state index < -0.39 is 0 Å². The first-order valence-electron chi connectivity index (χ1n) is 10.8. The van der Waals surface area contributed by atoms with E-state index in [-0.39, 0.29) is 6.79 Å². The van der Waals surface area contributed by atoms with Crippen molar-refractivity contribution in [3.63, 3.8) is 0 Å². The molecule has 170 valence electrons. The third-order valence-corrected chi connectivity index (χ3v) is 5.88. The van der Waals surface area contributed by atoms with Crippen molar-refractivity contribution in [2.24, 2.45) is 0 Å². The van der Waals surface area contributed by atoms with E-state index in [1.807, 2.05) is 50.2 Å². The van der Waals surface area contributed by atoms with E-state index in [9.17, 15) is 0 Å². The molecule has 0 fully saturated rings. The molecule has 1 aliphatic heterocycles. The Kier molecular flexibility index (Phi) is 5.20. The predicted octanol–water partition coefficient (Wildman–Crippen LogP) is 5.23. The minimum atomic E-state index is 0.235. The summed E-state index contributed by atoms with van der Waals surface area (Å²) >= 11 is 0. The number of rotatable bonds is 6. The van der Waals surface area contributed by atoms with Gasteiger partial charge in [-0.05, 0) is 52.0 Å². The maximum atomic E-state index is 5.72. The van der Waals surface area contributed by atoms with Crippen molar-refractivity contribution >= 4 is 22.3 Å².